The summed E-state index contributed by atoms with van der Waals surface area (Å²) in [6.45, 7) is 0. The molecule has 3 atom stereocenters. The van der Waals surface area contributed by atoms with E-state index in [1.165, 1.54) is 0 Å². The standard InChI is InChI=1S/C20H20O3/c21-17-11-13-20(14-12-17)22-18(15-7-3-1-4-8-15)19(23-20)16-9-5-2-6-10-16/h1-11,13,17-19,21H,12,14H2/t17-,18-,19-/m0/s1. The zero-order chi connectivity index (χ0) is 15.7. The molecule has 0 amide bonds. The Kier molecular flexibility index (Phi) is 3.77. The van der Waals surface area contributed by atoms with Crippen LogP contribution in [-0.4, -0.2) is 17.0 Å². The number of ether oxygens (including phenoxy) is 2. The normalized spacial score (nSPS) is 29.0. The Hall–Kier alpha value is -1.94. The van der Waals surface area contributed by atoms with Crippen molar-refractivity contribution in [3.05, 3.63) is 83.9 Å². The average Bonchev–Trinajstić information content (AvgIpc) is 2.99. The highest BCUT2D eigenvalue weighted by Crippen LogP contribution is 2.50. The lowest BCUT2D eigenvalue weighted by molar-refractivity contribution is -0.150. The highest BCUT2D eigenvalue weighted by Gasteiger charge is 2.48. The van der Waals surface area contributed by atoms with E-state index in [-0.39, 0.29) is 12.2 Å². The summed E-state index contributed by atoms with van der Waals surface area (Å²) in [5, 5.41) is 9.72. The molecule has 3 nitrogen and oxygen atoms in total. The van der Waals surface area contributed by atoms with Crippen molar-refractivity contribution in [2.45, 2.75) is 36.9 Å². The second kappa shape index (κ2) is 5.93. The van der Waals surface area contributed by atoms with E-state index in [4.69, 9.17) is 9.47 Å². The molecule has 4 rings (SSSR count). The summed E-state index contributed by atoms with van der Waals surface area (Å²) in [6, 6.07) is 20.4. The van der Waals surface area contributed by atoms with Crippen molar-refractivity contribution in [3.63, 3.8) is 0 Å². The quantitative estimate of drug-likeness (QED) is 0.855. The van der Waals surface area contributed by atoms with Crippen molar-refractivity contribution in [1.82, 2.24) is 0 Å². The smallest absolute Gasteiger partial charge is 0.189 e. The second-order valence-electron chi connectivity index (χ2n) is 6.18. The van der Waals surface area contributed by atoms with Crippen molar-refractivity contribution in [1.29, 1.82) is 0 Å². The van der Waals surface area contributed by atoms with Gasteiger partial charge in [0.05, 0.1) is 6.10 Å². The SMILES string of the molecule is O[C@H]1C=CC2(CC1)O[C@@H](c1ccccc1)[C@H](c1ccccc1)O2. The van der Waals surface area contributed by atoms with E-state index in [2.05, 4.69) is 24.3 Å². The highest BCUT2D eigenvalue weighted by atomic mass is 16.8. The largest absolute Gasteiger partial charge is 0.389 e. The van der Waals surface area contributed by atoms with E-state index in [9.17, 15) is 5.11 Å². The fourth-order valence-corrected chi connectivity index (χ4v) is 3.34. The summed E-state index contributed by atoms with van der Waals surface area (Å²) < 4.78 is 12.7. The number of hydrogen-bond acceptors (Lipinski definition) is 3. The fourth-order valence-electron chi connectivity index (χ4n) is 3.34. The maximum absolute atomic E-state index is 9.72. The fraction of sp³-hybridized carbons (Fsp3) is 0.300. The summed E-state index contributed by atoms with van der Waals surface area (Å²) in [6.07, 6.45) is 4.26. The zero-order valence-corrected chi connectivity index (χ0v) is 12.8. The minimum atomic E-state index is -0.736. The zero-order valence-electron chi connectivity index (χ0n) is 12.8. The van der Waals surface area contributed by atoms with Crippen LogP contribution >= 0.6 is 0 Å². The van der Waals surface area contributed by atoms with Crippen LogP contribution in [0.1, 0.15) is 36.2 Å². The van der Waals surface area contributed by atoms with Gasteiger partial charge in [-0.25, -0.2) is 0 Å². The summed E-state index contributed by atoms with van der Waals surface area (Å²) in [4.78, 5) is 0. The van der Waals surface area contributed by atoms with E-state index in [0.29, 0.717) is 12.8 Å². The number of hydrogen-bond donors (Lipinski definition) is 1. The van der Waals surface area contributed by atoms with Crippen molar-refractivity contribution >= 4 is 0 Å². The molecular formula is C20H20O3. The van der Waals surface area contributed by atoms with Crippen LogP contribution in [0.15, 0.2) is 72.8 Å². The minimum absolute atomic E-state index is 0.154. The van der Waals surface area contributed by atoms with Gasteiger partial charge in [0.15, 0.2) is 5.79 Å². The molecule has 1 fully saturated rings. The summed E-state index contributed by atoms with van der Waals surface area (Å²) in [7, 11) is 0. The Balaban J connectivity index is 1.71. The average molecular weight is 308 g/mol. The Labute approximate surface area is 136 Å². The van der Waals surface area contributed by atoms with Gasteiger partial charge in [0.1, 0.15) is 12.2 Å². The maximum atomic E-state index is 9.72. The first-order chi connectivity index (χ1) is 11.3. The van der Waals surface area contributed by atoms with Crippen molar-refractivity contribution in [3.8, 4) is 0 Å². The molecule has 1 aliphatic heterocycles. The third-order valence-corrected chi connectivity index (χ3v) is 4.54. The third kappa shape index (κ3) is 2.83. The van der Waals surface area contributed by atoms with E-state index in [0.717, 1.165) is 11.1 Å². The van der Waals surface area contributed by atoms with Gasteiger partial charge in [-0.05, 0) is 23.6 Å². The van der Waals surface area contributed by atoms with E-state index in [1.54, 1.807) is 6.08 Å². The Morgan fingerprint density at radius 3 is 1.78 bits per heavy atom. The second-order valence-corrected chi connectivity index (χ2v) is 6.18. The van der Waals surface area contributed by atoms with E-state index < -0.39 is 11.9 Å². The molecule has 1 N–H and O–H groups in total. The molecule has 23 heavy (non-hydrogen) atoms. The van der Waals surface area contributed by atoms with Crippen molar-refractivity contribution < 1.29 is 14.6 Å². The van der Waals surface area contributed by atoms with Crippen LogP contribution in [0.4, 0.5) is 0 Å². The number of aliphatic hydroxyl groups is 1. The van der Waals surface area contributed by atoms with Crippen LogP contribution in [-0.2, 0) is 9.47 Å². The Morgan fingerprint density at radius 2 is 1.35 bits per heavy atom. The molecule has 0 radical (unpaired) electrons. The molecule has 1 heterocycles. The van der Waals surface area contributed by atoms with Crippen molar-refractivity contribution in [2.75, 3.05) is 0 Å². The maximum Gasteiger partial charge on any atom is 0.189 e. The van der Waals surface area contributed by atoms with Crippen LogP contribution < -0.4 is 0 Å². The molecule has 1 aliphatic carbocycles. The van der Waals surface area contributed by atoms with Crippen LogP contribution in [0.3, 0.4) is 0 Å². The van der Waals surface area contributed by atoms with Crippen LogP contribution in [0, 0.1) is 0 Å². The van der Waals surface area contributed by atoms with Gasteiger partial charge >= 0.3 is 0 Å². The Bertz CT molecular complexity index is 633. The molecule has 0 unspecified atom stereocenters. The number of benzene rings is 2. The molecule has 3 heteroatoms. The molecule has 0 bridgehead atoms. The molecular weight excluding hydrogens is 288 g/mol. The molecule has 0 aromatic heterocycles. The third-order valence-electron chi connectivity index (χ3n) is 4.54. The molecule has 0 saturated carbocycles. The summed E-state index contributed by atoms with van der Waals surface area (Å²) in [5.74, 6) is -0.736. The topological polar surface area (TPSA) is 38.7 Å². The van der Waals surface area contributed by atoms with Gasteiger partial charge in [-0.1, -0.05) is 66.7 Å². The number of rotatable bonds is 2. The highest BCUT2D eigenvalue weighted by molar-refractivity contribution is 5.28. The Morgan fingerprint density at radius 1 is 0.826 bits per heavy atom. The first-order valence-electron chi connectivity index (χ1n) is 8.09. The predicted octanol–water partition coefficient (Wildman–Crippen LogP) is 3.92. The van der Waals surface area contributed by atoms with Crippen LogP contribution in [0.25, 0.3) is 0 Å². The molecule has 2 aromatic rings. The van der Waals surface area contributed by atoms with Crippen molar-refractivity contribution in [2.24, 2.45) is 0 Å². The van der Waals surface area contributed by atoms with E-state index in [1.807, 2.05) is 42.5 Å². The molecule has 2 aromatic carbocycles. The predicted molar refractivity (Wildman–Crippen MR) is 87.6 cm³/mol. The summed E-state index contributed by atoms with van der Waals surface area (Å²) in [5.41, 5.74) is 2.22. The molecule has 1 spiro atoms. The first kappa shape index (κ1) is 14.6. The van der Waals surface area contributed by atoms with E-state index >= 15 is 0 Å². The van der Waals surface area contributed by atoms with Gasteiger partial charge in [0.25, 0.3) is 0 Å². The lowest BCUT2D eigenvalue weighted by Crippen LogP contribution is -2.32. The number of aliphatic hydroxyl groups excluding tert-OH is 1. The van der Waals surface area contributed by atoms with Gasteiger partial charge in [0.2, 0.25) is 0 Å². The van der Waals surface area contributed by atoms with Crippen LogP contribution in [0.5, 0.6) is 0 Å². The van der Waals surface area contributed by atoms with Gasteiger partial charge in [-0.15, -0.1) is 0 Å². The lowest BCUT2D eigenvalue weighted by atomic mass is 9.99. The van der Waals surface area contributed by atoms with Gasteiger partial charge in [-0.3, -0.25) is 0 Å². The monoisotopic (exact) mass is 308 g/mol. The molecule has 1 saturated heterocycles. The first-order valence-corrected chi connectivity index (χ1v) is 8.09. The van der Waals surface area contributed by atoms with Crippen LogP contribution in [0.2, 0.25) is 0 Å². The molecule has 118 valence electrons. The lowest BCUT2D eigenvalue weighted by Gasteiger charge is -2.29. The summed E-state index contributed by atoms with van der Waals surface area (Å²) >= 11 is 0. The van der Waals surface area contributed by atoms with Gasteiger partial charge in [0, 0.05) is 6.42 Å². The minimum Gasteiger partial charge on any atom is -0.389 e. The molecule has 2 aliphatic rings. The van der Waals surface area contributed by atoms with Gasteiger partial charge in [-0.2, -0.15) is 0 Å². The van der Waals surface area contributed by atoms with Gasteiger partial charge < -0.3 is 14.6 Å².